The largest absolute Gasteiger partial charge is 0.416 e. The van der Waals surface area contributed by atoms with Gasteiger partial charge in [0.2, 0.25) is 0 Å². The zero-order chi connectivity index (χ0) is 15.5. The minimum absolute atomic E-state index is 0.00875. The van der Waals surface area contributed by atoms with Crippen molar-refractivity contribution >= 4 is 0 Å². The summed E-state index contributed by atoms with van der Waals surface area (Å²) in [7, 11) is 0. The Kier molecular flexibility index (Phi) is 4.57. The van der Waals surface area contributed by atoms with E-state index in [1.165, 1.54) is 0 Å². The van der Waals surface area contributed by atoms with Crippen molar-refractivity contribution in [1.82, 2.24) is 10.3 Å². The number of hydrogen-bond acceptors (Lipinski definition) is 2. The number of benzene rings is 1. The Bertz CT molecular complexity index is 596. The maximum atomic E-state index is 13.0. The van der Waals surface area contributed by atoms with Crippen molar-refractivity contribution in [2.24, 2.45) is 0 Å². The van der Waals surface area contributed by atoms with Crippen LogP contribution in [0.1, 0.15) is 29.7 Å². The van der Waals surface area contributed by atoms with Gasteiger partial charge >= 0.3 is 6.18 Å². The summed E-state index contributed by atoms with van der Waals surface area (Å²) in [5, 5.41) is 2.98. The van der Waals surface area contributed by atoms with Crippen LogP contribution in [-0.2, 0) is 12.7 Å². The molecule has 1 atom stereocenters. The summed E-state index contributed by atoms with van der Waals surface area (Å²) in [6.45, 7) is 1.82. The zero-order valence-electron chi connectivity index (χ0n) is 11.3. The van der Waals surface area contributed by atoms with Crippen LogP contribution in [0, 0.1) is 5.82 Å². The summed E-state index contributed by atoms with van der Waals surface area (Å²) in [6, 6.07) is 6.13. The van der Waals surface area contributed by atoms with E-state index in [0.717, 1.165) is 17.7 Å². The highest BCUT2D eigenvalue weighted by atomic mass is 19.4. The number of nitrogens with one attached hydrogen (secondary N) is 1. The number of rotatable bonds is 4. The fourth-order valence-corrected chi connectivity index (χ4v) is 1.98. The summed E-state index contributed by atoms with van der Waals surface area (Å²) in [5.41, 5.74) is -0.0683. The molecule has 0 aliphatic rings. The average Bonchev–Trinajstić information content (AvgIpc) is 2.45. The van der Waals surface area contributed by atoms with E-state index in [0.29, 0.717) is 6.07 Å². The highest BCUT2D eigenvalue weighted by Gasteiger charge is 2.33. The van der Waals surface area contributed by atoms with Crippen LogP contribution in [0.4, 0.5) is 17.6 Å². The van der Waals surface area contributed by atoms with Gasteiger partial charge in [0.1, 0.15) is 5.82 Å². The molecule has 2 aromatic rings. The molecular formula is C15H14F4N2. The van der Waals surface area contributed by atoms with E-state index in [2.05, 4.69) is 10.3 Å². The van der Waals surface area contributed by atoms with Crippen molar-refractivity contribution in [3.63, 3.8) is 0 Å². The first-order valence-corrected chi connectivity index (χ1v) is 6.37. The van der Waals surface area contributed by atoms with E-state index in [9.17, 15) is 17.6 Å². The summed E-state index contributed by atoms with van der Waals surface area (Å²) in [4.78, 5) is 3.96. The molecule has 1 unspecified atom stereocenters. The SMILES string of the molecule is CC(NCc1ccc(F)cc1C(F)(F)F)c1cccnc1. The maximum Gasteiger partial charge on any atom is 0.416 e. The summed E-state index contributed by atoms with van der Waals surface area (Å²) in [5.74, 6) is -0.897. The van der Waals surface area contributed by atoms with Crippen molar-refractivity contribution in [2.75, 3.05) is 0 Å². The van der Waals surface area contributed by atoms with Crippen LogP contribution < -0.4 is 5.32 Å². The molecule has 21 heavy (non-hydrogen) atoms. The lowest BCUT2D eigenvalue weighted by Crippen LogP contribution is -2.21. The monoisotopic (exact) mass is 298 g/mol. The van der Waals surface area contributed by atoms with Crippen LogP contribution in [0.5, 0.6) is 0 Å². The number of alkyl halides is 3. The van der Waals surface area contributed by atoms with Gasteiger partial charge in [-0.15, -0.1) is 0 Å². The van der Waals surface area contributed by atoms with E-state index in [-0.39, 0.29) is 18.2 Å². The summed E-state index contributed by atoms with van der Waals surface area (Å²) in [6.07, 6.45) is -1.30. The number of hydrogen-bond donors (Lipinski definition) is 1. The molecule has 0 saturated heterocycles. The van der Waals surface area contributed by atoms with E-state index >= 15 is 0 Å². The second-order valence-electron chi connectivity index (χ2n) is 4.69. The van der Waals surface area contributed by atoms with Gasteiger partial charge in [0, 0.05) is 25.0 Å². The lowest BCUT2D eigenvalue weighted by atomic mass is 10.1. The van der Waals surface area contributed by atoms with Crippen LogP contribution in [0.3, 0.4) is 0 Å². The molecule has 0 aliphatic heterocycles. The maximum absolute atomic E-state index is 13.0. The molecule has 1 heterocycles. The fraction of sp³-hybridized carbons (Fsp3) is 0.267. The standard InChI is InChI=1S/C15H14F4N2/c1-10(11-3-2-6-20-8-11)21-9-12-4-5-13(16)7-14(12)15(17,18)19/h2-8,10,21H,9H2,1H3. The third kappa shape index (κ3) is 4.01. The highest BCUT2D eigenvalue weighted by molar-refractivity contribution is 5.30. The van der Waals surface area contributed by atoms with Gasteiger partial charge in [0.05, 0.1) is 5.56 Å². The predicted octanol–water partition coefficient (Wildman–Crippen LogP) is 4.09. The van der Waals surface area contributed by atoms with Crippen LogP contribution in [-0.4, -0.2) is 4.98 Å². The normalized spacial score (nSPS) is 13.2. The van der Waals surface area contributed by atoms with E-state index in [4.69, 9.17) is 0 Å². The van der Waals surface area contributed by atoms with Crippen LogP contribution >= 0.6 is 0 Å². The van der Waals surface area contributed by atoms with Crippen molar-refractivity contribution in [2.45, 2.75) is 25.7 Å². The quantitative estimate of drug-likeness (QED) is 0.860. The van der Waals surface area contributed by atoms with Gasteiger partial charge in [-0.25, -0.2) is 4.39 Å². The van der Waals surface area contributed by atoms with Gasteiger partial charge in [-0.2, -0.15) is 13.2 Å². The predicted molar refractivity (Wildman–Crippen MR) is 70.9 cm³/mol. The molecule has 0 spiro atoms. The van der Waals surface area contributed by atoms with Crippen molar-refractivity contribution in [3.8, 4) is 0 Å². The number of halogens is 4. The minimum atomic E-state index is -4.57. The highest BCUT2D eigenvalue weighted by Crippen LogP contribution is 2.32. The first kappa shape index (κ1) is 15.4. The van der Waals surface area contributed by atoms with Crippen molar-refractivity contribution < 1.29 is 17.6 Å². The molecule has 1 aromatic heterocycles. The molecule has 0 saturated carbocycles. The third-order valence-electron chi connectivity index (χ3n) is 3.16. The van der Waals surface area contributed by atoms with Crippen molar-refractivity contribution in [1.29, 1.82) is 0 Å². The molecule has 0 fully saturated rings. The molecule has 1 aromatic carbocycles. The Morgan fingerprint density at radius 2 is 2.00 bits per heavy atom. The molecule has 112 valence electrons. The van der Waals surface area contributed by atoms with Crippen LogP contribution in [0.15, 0.2) is 42.7 Å². The zero-order valence-corrected chi connectivity index (χ0v) is 11.3. The summed E-state index contributed by atoms with van der Waals surface area (Å²) >= 11 is 0. The number of pyridine rings is 1. The van der Waals surface area contributed by atoms with Gasteiger partial charge in [0.15, 0.2) is 0 Å². The van der Waals surface area contributed by atoms with E-state index in [1.807, 2.05) is 13.0 Å². The molecule has 1 N–H and O–H groups in total. The first-order valence-electron chi connectivity index (χ1n) is 6.37. The minimum Gasteiger partial charge on any atom is -0.306 e. The van der Waals surface area contributed by atoms with Gasteiger partial charge in [-0.3, -0.25) is 4.98 Å². The first-order chi connectivity index (χ1) is 9.88. The second kappa shape index (κ2) is 6.22. The Hall–Kier alpha value is -1.95. The van der Waals surface area contributed by atoms with E-state index in [1.54, 1.807) is 18.5 Å². The fourth-order valence-electron chi connectivity index (χ4n) is 1.98. The molecule has 2 rings (SSSR count). The topological polar surface area (TPSA) is 24.9 Å². The van der Waals surface area contributed by atoms with Gasteiger partial charge < -0.3 is 5.32 Å². The van der Waals surface area contributed by atoms with Crippen LogP contribution in [0.25, 0.3) is 0 Å². The Labute approximate surface area is 119 Å². The molecule has 2 nitrogen and oxygen atoms in total. The molecule has 6 heteroatoms. The Balaban J connectivity index is 2.14. The second-order valence-corrected chi connectivity index (χ2v) is 4.69. The smallest absolute Gasteiger partial charge is 0.306 e. The summed E-state index contributed by atoms with van der Waals surface area (Å²) < 4.78 is 51.6. The van der Waals surface area contributed by atoms with Crippen molar-refractivity contribution in [3.05, 3.63) is 65.2 Å². The van der Waals surface area contributed by atoms with Gasteiger partial charge in [-0.1, -0.05) is 12.1 Å². The molecule has 0 radical (unpaired) electrons. The molecular weight excluding hydrogens is 284 g/mol. The lowest BCUT2D eigenvalue weighted by Gasteiger charge is -2.17. The average molecular weight is 298 g/mol. The van der Waals surface area contributed by atoms with E-state index < -0.39 is 17.6 Å². The molecule has 0 bridgehead atoms. The third-order valence-corrected chi connectivity index (χ3v) is 3.16. The number of aromatic nitrogens is 1. The molecule has 0 aliphatic carbocycles. The van der Waals surface area contributed by atoms with Gasteiger partial charge in [-0.05, 0) is 36.2 Å². The Morgan fingerprint density at radius 3 is 2.62 bits per heavy atom. The van der Waals surface area contributed by atoms with Gasteiger partial charge in [0.25, 0.3) is 0 Å². The van der Waals surface area contributed by atoms with Crippen LogP contribution in [0.2, 0.25) is 0 Å². The number of nitrogens with zero attached hydrogens (tertiary/aromatic N) is 1. The Morgan fingerprint density at radius 1 is 1.24 bits per heavy atom. The lowest BCUT2D eigenvalue weighted by molar-refractivity contribution is -0.138. The molecule has 0 amide bonds.